The Morgan fingerprint density at radius 2 is 2.17 bits per heavy atom. The molecular weight excluding hydrogens is 538 g/mol. The van der Waals surface area contributed by atoms with Crippen LogP contribution in [0.3, 0.4) is 0 Å². The summed E-state index contributed by atoms with van der Waals surface area (Å²) in [6, 6.07) is 4.52. The number of aromatic nitrogens is 1. The van der Waals surface area contributed by atoms with Gasteiger partial charge in [0.2, 0.25) is 5.91 Å². The van der Waals surface area contributed by atoms with Gasteiger partial charge in [-0.05, 0) is 69.3 Å². The van der Waals surface area contributed by atoms with Crippen LogP contribution in [-0.4, -0.2) is 17.4 Å². The number of carbonyl (C=O) groups excluding carboxylic acids is 1. The van der Waals surface area contributed by atoms with Crippen molar-refractivity contribution in [3.05, 3.63) is 35.4 Å². The molecule has 0 aliphatic carbocycles. The van der Waals surface area contributed by atoms with Gasteiger partial charge in [0.05, 0.1) is 11.4 Å². The van der Waals surface area contributed by atoms with E-state index in [-0.39, 0.29) is 11.9 Å². The van der Waals surface area contributed by atoms with Crippen LogP contribution in [-0.2, 0) is 17.6 Å². The first kappa shape index (κ1) is 17.4. The molecular formula is C15H16I2N4OS. The van der Waals surface area contributed by atoms with Gasteiger partial charge in [-0.2, -0.15) is 0 Å². The number of benzene rings is 1. The van der Waals surface area contributed by atoms with Crippen molar-refractivity contribution in [2.24, 2.45) is 0 Å². The van der Waals surface area contributed by atoms with E-state index < -0.39 is 0 Å². The molecule has 8 heteroatoms. The van der Waals surface area contributed by atoms with Crippen LogP contribution >= 0.6 is 56.5 Å². The van der Waals surface area contributed by atoms with Crippen molar-refractivity contribution in [3.8, 4) is 0 Å². The Hall–Kier alpha value is -0.460. The molecule has 0 saturated heterocycles. The number of fused-ring (bicyclic) bond motifs is 1. The Labute approximate surface area is 166 Å². The molecule has 1 aromatic carbocycles. The lowest BCUT2D eigenvalue weighted by atomic mass is 10.00. The number of nitrogen functional groups attached to an aromatic ring is 1. The number of halogens is 2. The lowest BCUT2D eigenvalue weighted by Gasteiger charge is -2.23. The molecule has 5 nitrogen and oxygen atoms in total. The van der Waals surface area contributed by atoms with E-state index in [0.717, 1.165) is 37.9 Å². The van der Waals surface area contributed by atoms with Crippen LogP contribution in [0.1, 0.15) is 29.1 Å². The second-order valence-corrected chi connectivity index (χ2v) is 8.83. The highest BCUT2D eigenvalue weighted by Gasteiger charge is 2.24. The van der Waals surface area contributed by atoms with Gasteiger partial charge in [-0.25, -0.2) is 4.98 Å². The Morgan fingerprint density at radius 1 is 1.48 bits per heavy atom. The van der Waals surface area contributed by atoms with Gasteiger partial charge in [-0.15, -0.1) is 11.3 Å². The first-order valence-corrected chi connectivity index (χ1v) is 10.2. The molecule has 0 spiro atoms. The molecule has 1 aliphatic heterocycles. The molecule has 3 rings (SSSR count). The second kappa shape index (κ2) is 7.19. The first-order chi connectivity index (χ1) is 10.9. The third-order valence-electron chi connectivity index (χ3n) is 3.66. The summed E-state index contributed by atoms with van der Waals surface area (Å²) in [6.45, 7) is 2.46. The summed E-state index contributed by atoms with van der Waals surface area (Å²) in [4.78, 5) is 17.0. The van der Waals surface area contributed by atoms with E-state index in [2.05, 4.69) is 72.9 Å². The molecule has 1 atom stereocenters. The summed E-state index contributed by atoms with van der Waals surface area (Å²) in [5, 5.41) is 7.11. The monoisotopic (exact) mass is 554 g/mol. The van der Waals surface area contributed by atoms with Gasteiger partial charge in [-0.3, -0.25) is 4.79 Å². The van der Waals surface area contributed by atoms with Crippen molar-refractivity contribution in [1.82, 2.24) is 10.3 Å². The smallest absolute Gasteiger partial charge is 0.221 e. The maximum atomic E-state index is 11.3. The molecule has 1 amide bonds. The summed E-state index contributed by atoms with van der Waals surface area (Å²) >= 11 is 6.13. The van der Waals surface area contributed by atoms with Gasteiger partial charge in [0.25, 0.3) is 0 Å². The third-order valence-corrected chi connectivity index (χ3v) is 6.40. The fourth-order valence-corrected chi connectivity index (χ4v) is 5.85. The summed E-state index contributed by atoms with van der Waals surface area (Å²) in [5.41, 5.74) is 9.13. The highest BCUT2D eigenvalue weighted by Crippen LogP contribution is 2.34. The molecule has 0 fully saturated rings. The number of rotatable bonds is 3. The van der Waals surface area contributed by atoms with Crippen molar-refractivity contribution in [3.63, 3.8) is 0 Å². The highest BCUT2D eigenvalue weighted by molar-refractivity contribution is 14.1. The molecule has 4 N–H and O–H groups in total. The second-order valence-electron chi connectivity index (χ2n) is 5.44. The van der Waals surface area contributed by atoms with Gasteiger partial charge in [0.1, 0.15) is 0 Å². The Bertz CT molecular complexity index is 739. The highest BCUT2D eigenvalue weighted by atomic mass is 127. The van der Waals surface area contributed by atoms with E-state index in [1.807, 2.05) is 0 Å². The van der Waals surface area contributed by atoms with Crippen molar-refractivity contribution in [1.29, 1.82) is 0 Å². The van der Waals surface area contributed by atoms with Gasteiger partial charge in [0.15, 0.2) is 5.13 Å². The minimum Gasteiger partial charge on any atom is -0.375 e. The van der Waals surface area contributed by atoms with E-state index in [1.54, 1.807) is 11.3 Å². The molecule has 1 aliphatic rings. The molecule has 122 valence electrons. The zero-order valence-corrected chi connectivity index (χ0v) is 17.6. The standard InChI is InChI=1S/C15H16I2N4OS/c1-7(22)20-13-9(16)4-8(5-10(13)17)6-12-14-11(2-3-19-12)21-15(18)23-14/h4-5,12,19H,2-3,6H2,1H3,(H2,18,21)(H,20,22). The lowest BCUT2D eigenvalue weighted by molar-refractivity contribution is -0.114. The van der Waals surface area contributed by atoms with Crippen molar-refractivity contribution >= 4 is 73.2 Å². The first-order valence-electron chi connectivity index (χ1n) is 7.18. The van der Waals surface area contributed by atoms with Crippen LogP contribution in [0.15, 0.2) is 12.1 Å². The Morgan fingerprint density at radius 3 is 2.83 bits per heavy atom. The van der Waals surface area contributed by atoms with Crippen LogP contribution in [0, 0.1) is 7.14 Å². The summed E-state index contributed by atoms with van der Waals surface area (Å²) in [7, 11) is 0. The summed E-state index contributed by atoms with van der Waals surface area (Å²) in [5.74, 6) is -0.0488. The number of hydrogen-bond acceptors (Lipinski definition) is 5. The molecule has 23 heavy (non-hydrogen) atoms. The third kappa shape index (κ3) is 3.97. The van der Waals surface area contributed by atoms with E-state index >= 15 is 0 Å². The predicted molar refractivity (Wildman–Crippen MR) is 111 cm³/mol. The van der Waals surface area contributed by atoms with Gasteiger partial charge >= 0.3 is 0 Å². The normalized spacial score (nSPS) is 16.9. The van der Waals surface area contributed by atoms with E-state index in [0.29, 0.717) is 5.13 Å². The van der Waals surface area contributed by atoms with Crippen molar-refractivity contribution in [2.45, 2.75) is 25.8 Å². The van der Waals surface area contributed by atoms with Crippen molar-refractivity contribution < 1.29 is 4.79 Å². The maximum absolute atomic E-state index is 11.3. The zero-order valence-electron chi connectivity index (χ0n) is 12.5. The van der Waals surface area contributed by atoms with Gasteiger partial charge < -0.3 is 16.4 Å². The number of nitrogens with one attached hydrogen (secondary N) is 2. The van der Waals surface area contributed by atoms with E-state index in [1.165, 1.54) is 17.4 Å². The number of anilines is 2. The Balaban J connectivity index is 1.85. The van der Waals surface area contributed by atoms with Crippen LogP contribution in [0.5, 0.6) is 0 Å². The summed E-state index contributed by atoms with van der Waals surface area (Å²) < 4.78 is 2.11. The zero-order chi connectivity index (χ0) is 16.6. The molecule has 0 saturated carbocycles. The number of thiazole rings is 1. The number of nitrogens with zero attached hydrogens (tertiary/aromatic N) is 1. The number of hydrogen-bond donors (Lipinski definition) is 3. The van der Waals surface area contributed by atoms with Gasteiger partial charge in [-0.1, -0.05) is 0 Å². The molecule has 2 aromatic rings. The molecule has 1 aromatic heterocycles. The molecule has 0 radical (unpaired) electrons. The quantitative estimate of drug-likeness (QED) is 0.509. The molecule has 0 bridgehead atoms. The van der Waals surface area contributed by atoms with Crippen LogP contribution < -0.4 is 16.4 Å². The summed E-state index contributed by atoms with van der Waals surface area (Å²) in [6.07, 6.45) is 1.83. The topological polar surface area (TPSA) is 80.0 Å². The van der Waals surface area contributed by atoms with E-state index in [4.69, 9.17) is 5.73 Å². The predicted octanol–water partition coefficient (Wildman–Crippen LogP) is 3.32. The van der Waals surface area contributed by atoms with Crippen LogP contribution in [0.2, 0.25) is 0 Å². The maximum Gasteiger partial charge on any atom is 0.221 e. The largest absolute Gasteiger partial charge is 0.375 e. The van der Waals surface area contributed by atoms with E-state index in [9.17, 15) is 4.79 Å². The SMILES string of the molecule is CC(=O)Nc1c(I)cc(CC2NCCc3nc(N)sc32)cc1I. The van der Waals surface area contributed by atoms with Crippen LogP contribution in [0.4, 0.5) is 10.8 Å². The number of nitrogens with two attached hydrogens (primary N) is 1. The lowest BCUT2D eigenvalue weighted by Crippen LogP contribution is -2.30. The fourth-order valence-electron chi connectivity index (χ4n) is 2.73. The molecule has 1 unspecified atom stereocenters. The minimum atomic E-state index is -0.0488. The van der Waals surface area contributed by atoms with Crippen LogP contribution in [0.25, 0.3) is 0 Å². The van der Waals surface area contributed by atoms with Crippen molar-refractivity contribution in [2.75, 3.05) is 17.6 Å². The Kier molecular flexibility index (Phi) is 5.43. The fraction of sp³-hybridized carbons (Fsp3) is 0.333. The average molecular weight is 554 g/mol. The van der Waals surface area contributed by atoms with Gasteiger partial charge in [0, 0.05) is 37.9 Å². The number of amides is 1. The number of carbonyl (C=O) groups is 1. The average Bonchev–Trinajstić information content (AvgIpc) is 2.84. The minimum absolute atomic E-state index is 0.0488. The molecule has 2 heterocycles.